The fraction of sp³-hybridized carbons (Fsp3) is 0.364. The number of aromatic nitrogens is 4. The zero-order valence-electron chi connectivity index (χ0n) is 25.2. The van der Waals surface area contributed by atoms with Gasteiger partial charge in [0.05, 0.1) is 49.4 Å². The lowest BCUT2D eigenvalue weighted by atomic mass is 9.95. The molecule has 1 aliphatic rings. The number of ether oxygens (including phenoxy) is 2. The lowest BCUT2D eigenvalue weighted by molar-refractivity contribution is -0.137. The number of piperidine rings is 1. The minimum atomic E-state index is -0.117. The summed E-state index contributed by atoms with van der Waals surface area (Å²) in [7, 11) is 3.25. The molecule has 1 aliphatic heterocycles. The smallest absolute Gasteiger partial charge is 0.225 e. The van der Waals surface area contributed by atoms with Crippen molar-refractivity contribution in [1.82, 2.24) is 30.0 Å². The summed E-state index contributed by atoms with van der Waals surface area (Å²) >= 11 is 0. The molecule has 2 amide bonds. The Morgan fingerprint density at radius 2 is 1.82 bits per heavy atom. The van der Waals surface area contributed by atoms with E-state index in [0.29, 0.717) is 44.0 Å². The van der Waals surface area contributed by atoms with Crippen molar-refractivity contribution in [3.8, 4) is 22.8 Å². The normalized spacial score (nSPS) is 14.2. The van der Waals surface area contributed by atoms with E-state index >= 15 is 0 Å². The summed E-state index contributed by atoms with van der Waals surface area (Å²) < 4.78 is 12.8. The van der Waals surface area contributed by atoms with Crippen molar-refractivity contribution in [2.24, 2.45) is 5.92 Å². The predicted molar refractivity (Wildman–Crippen MR) is 170 cm³/mol. The SMILES string of the molecule is C=CCCC(CCNC=O)C(=O)N1CCC(n2cc(-c3cnc4ccc(Nc5cc(OC)cc(OC)c5)cc4n3)cn2)CC1. The van der Waals surface area contributed by atoms with Crippen LogP contribution in [0.4, 0.5) is 11.4 Å². The van der Waals surface area contributed by atoms with Crippen LogP contribution in [0.25, 0.3) is 22.3 Å². The van der Waals surface area contributed by atoms with Crippen LogP contribution in [0.15, 0.2) is 67.6 Å². The highest BCUT2D eigenvalue weighted by Crippen LogP contribution is 2.30. The molecular weight excluding hydrogens is 558 g/mol. The first-order valence-electron chi connectivity index (χ1n) is 14.9. The molecule has 1 unspecified atom stereocenters. The van der Waals surface area contributed by atoms with E-state index in [1.807, 2.05) is 64.4 Å². The number of carbonyl (C=O) groups is 2. The highest BCUT2D eigenvalue weighted by molar-refractivity contribution is 5.82. The van der Waals surface area contributed by atoms with E-state index < -0.39 is 0 Å². The Morgan fingerprint density at radius 1 is 1.05 bits per heavy atom. The van der Waals surface area contributed by atoms with E-state index in [0.717, 1.165) is 59.3 Å². The van der Waals surface area contributed by atoms with E-state index in [-0.39, 0.29) is 17.9 Å². The van der Waals surface area contributed by atoms with Gasteiger partial charge >= 0.3 is 0 Å². The fourth-order valence-electron chi connectivity index (χ4n) is 5.58. The largest absolute Gasteiger partial charge is 0.497 e. The Hall–Kier alpha value is -4.93. The van der Waals surface area contributed by atoms with E-state index in [1.165, 1.54) is 0 Å². The van der Waals surface area contributed by atoms with Crippen LogP contribution in [0.5, 0.6) is 11.5 Å². The molecule has 0 radical (unpaired) electrons. The van der Waals surface area contributed by atoms with Crippen molar-refractivity contribution in [2.45, 2.75) is 38.1 Å². The van der Waals surface area contributed by atoms with Gasteiger partial charge in [0, 0.05) is 66.9 Å². The molecular formula is C33H39N7O4. The lowest BCUT2D eigenvalue weighted by Gasteiger charge is -2.34. The molecule has 230 valence electrons. The molecule has 0 spiro atoms. The van der Waals surface area contributed by atoms with Gasteiger partial charge in [-0.05, 0) is 50.3 Å². The first-order chi connectivity index (χ1) is 21.5. The Kier molecular flexibility index (Phi) is 10.1. The molecule has 2 aromatic heterocycles. The molecule has 11 nitrogen and oxygen atoms in total. The molecule has 0 bridgehead atoms. The third-order valence-corrected chi connectivity index (χ3v) is 8.02. The fourth-order valence-corrected chi connectivity index (χ4v) is 5.58. The summed E-state index contributed by atoms with van der Waals surface area (Å²) in [6.07, 6.45) is 11.9. The number of rotatable bonds is 14. The Balaban J connectivity index is 1.24. The monoisotopic (exact) mass is 597 g/mol. The van der Waals surface area contributed by atoms with Crippen LogP contribution in [0.1, 0.15) is 38.1 Å². The van der Waals surface area contributed by atoms with Gasteiger partial charge in [-0.3, -0.25) is 19.3 Å². The van der Waals surface area contributed by atoms with Crippen LogP contribution in [-0.2, 0) is 9.59 Å². The molecule has 1 atom stereocenters. The quantitative estimate of drug-likeness (QED) is 0.116. The van der Waals surface area contributed by atoms with Gasteiger partial charge in [0.1, 0.15) is 11.5 Å². The molecule has 0 saturated carbocycles. The number of carbonyl (C=O) groups excluding carboxylic acids is 2. The topological polar surface area (TPSA) is 124 Å². The van der Waals surface area contributed by atoms with E-state index in [9.17, 15) is 9.59 Å². The van der Waals surface area contributed by atoms with Gasteiger partial charge in [-0.2, -0.15) is 5.10 Å². The number of benzene rings is 2. The Labute approximate surface area is 257 Å². The Morgan fingerprint density at radius 3 is 2.52 bits per heavy atom. The maximum atomic E-state index is 13.2. The van der Waals surface area contributed by atoms with Crippen molar-refractivity contribution < 1.29 is 19.1 Å². The van der Waals surface area contributed by atoms with Crippen LogP contribution < -0.4 is 20.1 Å². The summed E-state index contributed by atoms with van der Waals surface area (Å²) in [5.74, 6) is 1.43. The van der Waals surface area contributed by atoms with E-state index in [2.05, 4.69) is 27.3 Å². The maximum Gasteiger partial charge on any atom is 0.225 e. The van der Waals surface area contributed by atoms with Gasteiger partial charge in [-0.15, -0.1) is 6.58 Å². The predicted octanol–water partition coefficient (Wildman–Crippen LogP) is 5.14. The summed E-state index contributed by atoms with van der Waals surface area (Å²) in [5.41, 5.74) is 4.88. The average Bonchev–Trinajstić information content (AvgIpc) is 3.56. The maximum absolute atomic E-state index is 13.2. The summed E-state index contributed by atoms with van der Waals surface area (Å²) in [5, 5.41) is 10.7. The van der Waals surface area contributed by atoms with Crippen LogP contribution >= 0.6 is 0 Å². The van der Waals surface area contributed by atoms with Crippen LogP contribution in [0.2, 0.25) is 0 Å². The molecule has 11 heteroatoms. The average molecular weight is 598 g/mol. The van der Waals surface area contributed by atoms with Crippen molar-refractivity contribution >= 4 is 34.7 Å². The number of anilines is 2. The molecule has 2 aromatic carbocycles. The number of fused-ring (bicyclic) bond motifs is 1. The van der Waals surface area contributed by atoms with Crippen LogP contribution in [-0.4, -0.2) is 70.8 Å². The molecule has 4 aromatic rings. The van der Waals surface area contributed by atoms with Crippen molar-refractivity contribution in [1.29, 1.82) is 0 Å². The van der Waals surface area contributed by atoms with Gasteiger partial charge in [-0.25, -0.2) is 4.98 Å². The number of hydrogen-bond acceptors (Lipinski definition) is 8. The number of nitrogens with one attached hydrogen (secondary N) is 2. The van der Waals surface area contributed by atoms with Gasteiger partial charge in [0.2, 0.25) is 12.3 Å². The summed E-state index contributed by atoms with van der Waals surface area (Å²) in [4.78, 5) is 35.4. The lowest BCUT2D eigenvalue weighted by Crippen LogP contribution is -2.42. The minimum Gasteiger partial charge on any atom is -0.497 e. The number of hydrogen-bond donors (Lipinski definition) is 2. The highest BCUT2D eigenvalue weighted by Gasteiger charge is 2.28. The second-order valence-electron chi connectivity index (χ2n) is 10.9. The molecule has 2 N–H and O–H groups in total. The number of nitrogens with zero attached hydrogens (tertiary/aromatic N) is 5. The second-order valence-corrected chi connectivity index (χ2v) is 10.9. The molecule has 3 heterocycles. The van der Waals surface area contributed by atoms with Gasteiger partial charge in [0.15, 0.2) is 0 Å². The second kappa shape index (κ2) is 14.5. The van der Waals surface area contributed by atoms with Crippen molar-refractivity contribution in [2.75, 3.05) is 39.2 Å². The number of methoxy groups -OCH3 is 2. The molecule has 5 rings (SSSR count). The third kappa shape index (κ3) is 7.34. The molecule has 1 fully saturated rings. The zero-order valence-corrected chi connectivity index (χ0v) is 25.2. The van der Waals surface area contributed by atoms with E-state index in [4.69, 9.17) is 14.5 Å². The first-order valence-corrected chi connectivity index (χ1v) is 14.9. The van der Waals surface area contributed by atoms with Crippen LogP contribution in [0.3, 0.4) is 0 Å². The molecule has 44 heavy (non-hydrogen) atoms. The van der Waals surface area contributed by atoms with Crippen molar-refractivity contribution in [3.05, 3.63) is 67.6 Å². The van der Waals surface area contributed by atoms with Gasteiger partial charge < -0.3 is 25.0 Å². The summed E-state index contributed by atoms with van der Waals surface area (Å²) in [6.45, 7) is 5.64. The van der Waals surface area contributed by atoms with Gasteiger partial charge in [-0.1, -0.05) is 6.08 Å². The first kappa shape index (κ1) is 30.5. The molecule has 1 saturated heterocycles. The number of allylic oxidation sites excluding steroid dienone is 1. The standard InChI is InChI=1S/C33H39N7O4/c1-4-5-6-23(9-12-34-22-41)33(42)39-13-10-27(11-14-39)40-21-24(19-36-40)32-20-35-30-8-7-25(17-31(30)38-32)37-26-15-28(43-2)18-29(16-26)44-3/h4,7-8,15-23,27,37H,1,5-6,9-14H2,2-3H3,(H,34,41). The van der Waals surface area contributed by atoms with Crippen LogP contribution in [0, 0.1) is 5.92 Å². The molecule has 0 aliphatic carbocycles. The van der Waals surface area contributed by atoms with Crippen molar-refractivity contribution in [3.63, 3.8) is 0 Å². The Bertz CT molecular complexity index is 1570. The summed E-state index contributed by atoms with van der Waals surface area (Å²) in [6, 6.07) is 11.7. The van der Waals surface area contributed by atoms with E-state index in [1.54, 1.807) is 20.4 Å². The number of likely N-dealkylation sites (tertiary alicyclic amines) is 1. The third-order valence-electron chi connectivity index (χ3n) is 8.02. The zero-order chi connectivity index (χ0) is 30.9. The highest BCUT2D eigenvalue weighted by atomic mass is 16.5. The minimum absolute atomic E-state index is 0.117. The van der Waals surface area contributed by atoms with Gasteiger partial charge in [0.25, 0.3) is 0 Å². The number of amides is 2.